The van der Waals surface area contributed by atoms with E-state index in [1.165, 1.54) is 25.7 Å². The second-order valence-electron chi connectivity index (χ2n) is 18.8. The van der Waals surface area contributed by atoms with Gasteiger partial charge in [-0.1, -0.05) is 223 Å². The van der Waals surface area contributed by atoms with E-state index in [1.54, 1.807) is 0 Å². The Hall–Kier alpha value is -5.23. The molecule has 0 aromatic carbocycles. The van der Waals surface area contributed by atoms with Crippen LogP contribution in [0.3, 0.4) is 0 Å². The molecule has 1 atom stereocenters. The van der Waals surface area contributed by atoms with Crippen molar-refractivity contribution < 1.29 is 28.6 Å². The molecule has 0 aromatic rings. The minimum Gasteiger partial charge on any atom is -0.462 e. The molecule has 0 aliphatic rings. The number of carbonyl (C=O) groups excluding carboxylic acids is 3. The number of carbonyl (C=O) groups is 3. The topological polar surface area (TPSA) is 78.9 Å². The van der Waals surface area contributed by atoms with Gasteiger partial charge in [-0.25, -0.2) is 0 Å². The van der Waals surface area contributed by atoms with Gasteiger partial charge in [0.25, 0.3) is 0 Å². The summed E-state index contributed by atoms with van der Waals surface area (Å²) in [5.41, 5.74) is 0. The molecule has 0 fully saturated rings. The van der Waals surface area contributed by atoms with Crippen molar-refractivity contribution >= 4 is 17.9 Å². The lowest BCUT2D eigenvalue weighted by Crippen LogP contribution is -2.30. The molecule has 0 unspecified atom stereocenters. The predicted molar refractivity (Wildman–Crippen MR) is 325 cm³/mol. The van der Waals surface area contributed by atoms with Crippen molar-refractivity contribution in [2.45, 2.75) is 232 Å². The van der Waals surface area contributed by atoms with Crippen molar-refractivity contribution in [3.05, 3.63) is 170 Å². The van der Waals surface area contributed by atoms with Gasteiger partial charge in [-0.15, -0.1) is 0 Å². The Balaban J connectivity index is 4.62. The van der Waals surface area contributed by atoms with E-state index in [0.29, 0.717) is 19.3 Å². The number of ether oxygens (including phenoxy) is 3. The highest BCUT2D eigenvalue weighted by Crippen LogP contribution is 2.11. The Bertz CT molecular complexity index is 1750. The molecule has 6 nitrogen and oxygen atoms in total. The van der Waals surface area contributed by atoms with Gasteiger partial charge in [-0.2, -0.15) is 0 Å². The molecule has 0 amide bonds. The summed E-state index contributed by atoms with van der Waals surface area (Å²) in [6.45, 7) is 6.28. The largest absolute Gasteiger partial charge is 0.462 e. The third-order valence-electron chi connectivity index (χ3n) is 11.7. The fraction of sp³-hybridized carbons (Fsp3) is 0.551. The fourth-order valence-electron chi connectivity index (χ4n) is 7.30. The van der Waals surface area contributed by atoms with E-state index in [1.807, 2.05) is 0 Å². The zero-order valence-corrected chi connectivity index (χ0v) is 47.7. The van der Waals surface area contributed by atoms with E-state index in [0.717, 1.165) is 154 Å². The molecule has 0 bridgehead atoms. The molecule has 0 heterocycles. The van der Waals surface area contributed by atoms with Crippen molar-refractivity contribution in [2.24, 2.45) is 0 Å². The molecule has 0 aliphatic heterocycles. The molecule has 0 radical (unpaired) electrons. The van der Waals surface area contributed by atoms with Gasteiger partial charge in [0.1, 0.15) is 13.2 Å². The third-order valence-corrected chi connectivity index (χ3v) is 11.7. The van der Waals surface area contributed by atoms with Crippen molar-refractivity contribution in [3.63, 3.8) is 0 Å². The summed E-state index contributed by atoms with van der Waals surface area (Å²) in [7, 11) is 0. The van der Waals surface area contributed by atoms with E-state index in [-0.39, 0.29) is 37.5 Å². The lowest BCUT2D eigenvalue weighted by Gasteiger charge is -2.18. The number of rotatable bonds is 51. The molecule has 0 spiro atoms. The number of allylic oxidation sites excluding steroid dienone is 28. The molecule has 0 N–H and O–H groups in total. The lowest BCUT2D eigenvalue weighted by molar-refractivity contribution is -0.167. The van der Waals surface area contributed by atoms with Gasteiger partial charge < -0.3 is 14.2 Å². The van der Waals surface area contributed by atoms with Gasteiger partial charge in [0, 0.05) is 19.3 Å². The van der Waals surface area contributed by atoms with Crippen LogP contribution in [0.5, 0.6) is 0 Å². The number of unbranched alkanes of at least 4 members (excludes halogenated alkanes) is 12. The first-order valence-electron chi connectivity index (χ1n) is 29.6. The first kappa shape index (κ1) is 69.8. The van der Waals surface area contributed by atoms with Crippen LogP contribution in [0.25, 0.3) is 0 Å². The summed E-state index contributed by atoms with van der Waals surface area (Å²) in [6, 6.07) is 0. The van der Waals surface area contributed by atoms with Gasteiger partial charge in [0.2, 0.25) is 0 Å². The summed E-state index contributed by atoms with van der Waals surface area (Å²) in [5.74, 6) is -1.03. The summed E-state index contributed by atoms with van der Waals surface area (Å²) in [4.78, 5) is 38.2. The zero-order valence-electron chi connectivity index (χ0n) is 47.7. The fourth-order valence-corrected chi connectivity index (χ4v) is 7.30. The monoisotopic (exact) mass is 1030 g/mol. The van der Waals surface area contributed by atoms with E-state index < -0.39 is 6.10 Å². The highest BCUT2D eigenvalue weighted by Gasteiger charge is 2.19. The Labute approximate surface area is 460 Å². The van der Waals surface area contributed by atoms with Gasteiger partial charge in [0.15, 0.2) is 6.10 Å². The summed E-state index contributed by atoms with van der Waals surface area (Å²) < 4.78 is 16.8. The highest BCUT2D eigenvalue weighted by molar-refractivity contribution is 5.71. The maximum absolute atomic E-state index is 12.9. The van der Waals surface area contributed by atoms with Crippen molar-refractivity contribution in [1.82, 2.24) is 0 Å². The number of hydrogen-bond donors (Lipinski definition) is 0. The average Bonchev–Trinajstić information content (AvgIpc) is 3.41. The van der Waals surface area contributed by atoms with Gasteiger partial charge in [-0.05, 0) is 154 Å². The SMILES string of the molecule is CC/C=C/C/C=C/C/C=C/C/C=C/C/C=C/CCCCCC(=O)OC[C@@H](COC(=O)CCCCC/C=C/C/C=C/C/C=C/C/C=C/CCCCC)OC(=O)CCCCC/C=C/C/C=C/C/C=C/C/C=C/C/C=C/CC. The quantitative estimate of drug-likeness (QED) is 0.0261. The summed E-state index contributed by atoms with van der Waals surface area (Å²) >= 11 is 0. The van der Waals surface area contributed by atoms with Crippen LogP contribution in [0, 0.1) is 0 Å². The van der Waals surface area contributed by atoms with E-state index in [4.69, 9.17) is 14.2 Å². The van der Waals surface area contributed by atoms with Gasteiger partial charge >= 0.3 is 17.9 Å². The third kappa shape index (κ3) is 59.5. The van der Waals surface area contributed by atoms with Gasteiger partial charge in [-0.3, -0.25) is 14.4 Å². The molecular weight excluding hydrogens is 925 g/mol. The molecule has 0 aliphatic carbocycles. The van der Waals surface area contributed by atoms with E-state index in [2.05, 4.69) is 191 Å². The van der Waals surface area contributed by atoms with Crippen LogP contribution < -0.4 is 0 Å². The average molecular weight is 1030 g/mol. The number of hydrogen-bond acceptors (Lipinski definition) is 6. The predicted octanol–water partition coefficient (Wildman–Crippen LogP) is 20.3. The van der Waals surface area contributed by atoms with Crippen LogP contribution in [0.2, 0.25) is 0 Å². The maximum Gasteiger partial charge on any atom is 0.306 e. The molecule has 0 saturated heterocycles. The standard InChI is InChI=1S/C69H106O6/c1-4-7-10-13-16-19-22-25-28-31-34-37-40-43-46-49-52-55-58-61-67(70)73-64-66(75-69(72)63-60-57-54-51-48-45-42-39-36-33-30-27-24-21-18-15-12-9-6-3)65-74-68(71)62-59-56-53-50-47-44-41-38-35-32-29-26-23-20-17-14-11-8-5-2/h7,9-10,12,16-21,25-30,34-39,43-48,66H,4-6,8,11,13-15,22-24,31-33,40-42,49-65H2,1-3H3/b10-7+,12-9+,19-16+,20-17+,21-18+,28-25+,29-26+,30-27+,37-34+,38-35+,39-36+,46-43+,47-44+,48-45+/t66-/m0/s1. The molecule has 0 saturated carbocycles. The second-order valence-corrected chi connectivity index (χ2v) is 18.8. The van der Waals surface area contributed by atoms with Crippen LogP contribution in [-0.2, 0) is 28.6 Å². The second kappa shape index (κ2) is 61.3. The Morgan fingerprint density at radius 3 is 0.787 bits per heavy atom. The molecule has 0 rings (SSSR count). The molecule has 75 heavy (non-hydrogen) atoms. The molecule has 0 aromatic heterocycles. The van der Waals surface area contributed by atoms with Crippen LogP contribution in [0.4, 0.5) is 0 Å². The number of esters is 3. The molecular formula is C69H106O6. The van der Waals surface area contributed by atoms with Crippen molar-refractivity contribution in [2.75, 3.05) is 13.2 Å². The Morgan fingerprint density at radius 1 is 0.280 bits per heavy atom. The smallest absolute Gasteiger partial charge is 0.306 e. The molecule has 6 heteroatoms. The highest BCUT2D eigenvalue weighted by atomic mass is 16.6. The normalized spacial score (nSPS) is 13.4. The van der Waals surface area contributed by atoms with Crippen molar-refractivity contribution in [3.8, 4) is 0 Å². The van der Waals surface area contributed by atoms with E-state index >= 15 is 0 Å². The van der Waals surface area contributed by atoms with Crippen LogP contribution in [0.1, 0.15) is 226 Å². The summed E-state index contributed by atoms with van der Waals surface area (Å²) in [6.07, 6.45) is 90.5. The first-order valence-corrected chi connectivity index (χ1v) is 29.6. The first-order chi connectivity index (χ1) is 37.0. The van der Waals surface area contributed by atoms with Crippen LogP contribution in [-0.4, -0.2) is 37.2 Å². The van der Waals surface area contributed by atoms with Gasteiger partial charge in [0.05, 0.1) is 0 Å². The van der Waals surface area contributed by atoms with Crippen molar-refractivity contribution in [1.29, 1.82) is 0 Å². The maximum atomic E-state index is 12.9. The Morgan fingerprint density at radius 2 is 0.520 bits per heavy atom. The molecule has 418 valence electrons. The zero-order chi connectivity index (χ0) is 54.3. The minimum absolute atomic E-state index is 0.128. The van der Waals surface area contributed by atoms with Crippen LogP contribution in [0.15, 0.2) is 170 Å². The van der Waals surface area contributed by atoms with E-state index in [9.17, 15) is 14.4 Å². The summed E-state index contributed by atoms with van der Waals surface area (Å²) in [5, 5.41) is 0. The Kier molecular flexibility index (Phi) is 57.0. The lowest BCUT2D eigenvalue weighted by atomic mass is 10.1. The van der Waals surface area contributed by atoms with Crippen LogP contribution >= 0.6 is 0 Å². The minimum atomic E-state index is -0.834.